The molecule has 1 aliphatic heterocycles. The first-order chi connectivity index (χ1) is 8.69. The molecule has 0 bridgehead atoms. The van der Waals surface area contributed by atoms with Gasteiger partial charge >= 0.3 is 5.97 Å². The second kappa shape index (κ2) is 5.98. The van der Waals surface area contributed by atoms with Gasteiger partial charge in [-0.2, -0.15) is 0 Å². The predicted octanol–water partition coefficient (Wildman–Crippen LogP) is 2.00. The summed E-state index contributed by atoms with van der Waals surface area (Å²) in [6.45, 7) is 2.97. The topological polar surface area (TPSA) is 49.8 Å². The Balaban J connectivity index is 1.88. The quantitative estimate of drug-likeness (QED) is 0.886. The Hall–Kier alpha value is -1.39. The van der Waals surface area contributed by atoms with Gasteiger partial charge in [-0.1, -0.05) is 12.1 Å². The summed E-state index contributed by atoms with van der Waals surface area (Å²) in [6.07, 6.45) is 2.54. The van der Waals surface area contributed by atoms with E-state index < -0.39 is 5.97 Å². The Morgan fingerprint density at radius 1 is 1.33 bits per heavy atom. The molecule has 4 nitrogen and oxygen atoms in total. The van der Waals surface area contributed by atoms with Crippen LogP contribution in [0.25, 0.3) is 0 Å². The second-order valence-corrected chi connectivity index (χ2v) is 4.71. The fourth-order valence-corrected chi connectivity index (χ4v) is 2.31. The molecule has 0 unspecified atom stereocenters. The molecule has 0 aromatic heterocycles. The Labute approximate surface area is 107 Å². The molecule has 0 atom stereocenters. The van der Waals surface area contributed by atoms with Crippen LogP contribution < -0.4 is 0 Å². The van der Waals surface area contributed by atoms with Gasteiger partial charge in [-0.25, -0.2) is 4.79 Å². The van der Waals surface area contributed by atoms with Crippen molar-refractivity contribution in [2.45, 2.75) is 25.5 Å². The third-order valence-electron chi connectivity index (χ3n) is 3.48. The summed E-state index contributed by atoms with van der Waals surface area (Å²) in [5.41, 5.74) is 1.51. The van der Waals surface area contributed by atoms with Gasteiger partial charge in [0.25, 0.3) is 0 Å². The molecular formula is C14H19NO3. The van der Waals surface area contributed by atoms with Gasteiger partial charge in [0.05, 0.1) is 11.7 Å². The molecule has 0 radical (unpaired) electrons. The lowest BCUT2D eigenvalue weighted by molar-refractivity contribution is 0.0388. The first kappa shape index (κ1) is 13.1. The maximum atomic E-state index is 10.7. The van der Waals surface area contributed by atoms with Crippen LogP contribution in [-0.4, -0.2) is 42.3 Å². The minimum atomic E-state index is -0.873. The molecule has 1 aromatic carbocycles. The Bertz CT molecular complexity index is 394. The average molecular weight is 249 g/mol. The fourth-order valence-electron chi connectivity index (χ4n) is 2.31. The van der Waals surface area contributed by atoms with Crippen LogP contribution in [0.2, 0.25) is 0 Å². The van der Waals surface area contributed by atoms with Gasteiger partial charge in [-0.05, 0) is 30.5 Å². The maximum absolute atomic E-state index is 10.7. The van der Waals surface area contributed by atoms with Crippen LogP contribution in [-0.2, 0) is 11.3 Å². The number of hydrogen-bond acceptors (Lipinski definition) is 3. The fraction of sp³-hybridized carbons (Fsp3) is 0.500. The molecule has 1 saturated heterocycles. The third kappa shape index (κ3) is 3.31. The molecule has 98 valence electrons. The molecule has 1 aliphatic rings. The highest BCUT2D eigenvalue weighted by atomic mass is 16.5. The smallest absolute Gasteiger partial charge is 0.335 e. The summed E-state index contributed by atoms with van der Waals surface area (Å²) >= 11 is 0. The number of aromatic carboxylic acids is 1. The molecular weight excluding hydrogens is 230 g/mol. The molecule has 1 heterocycles. The SMILES string of the molecule is COC1CCN(Cc2ccc(C(=O)O)cc2)CC1. The monoisotopic (exact) mass is 249 g/mol. The summed E-state index contributed by atoms with van der Waals surface area (Å²) in [6, 6.07) is 7.12. The standard InChI is InChI=1S/C14H19NO3/c1-18-13-6-8-15(9-7-13)10-11-2-4-12(5-3-11)14(16)17/h2-5,13H,6-10H2,1H3,(H,16,17). The number of rotatable bonds is 4. The number of nitrogens with zero attached hydrogens (tertiary/aromatic N) is 1. The van der Waals surface area contributed by atoms with Gasteiger partial charge in [0.15, 0.2) is 0 Å². The predicted molar refractivity (Wildman–Crippen MR) is 68.7 cm³/mol. The van der Waals surface area contributed by atoms with Gasteiger partial charge in [0, 0.05) is 26.7 Å². The van der Waals surface area contributed by atoms with Crippen molar-refractivity contribution in [2.24, 2.45) is 0 Å². The summed E-state index contributed by atoms with van der Waals surface area (Å²) < 4.78 is 5.34. The first-order valence-electron chi connectivity index (χ1n) is 6.26. The van der Waals surface area contributed by atoms with Gasteiger partial charge in [-0.3, -0.25) is 4.90 Å². The first-order valence-corrected chi connectivity index (χ1v) is 6.26. The highest BCUT2D eigenvalue weighted by Crippen LogP contribution is 2.16. The van der Waals surface area contributed by atoms with Crippen molar-refractivity contribution in [1.82, 2.24) is 4.90 Å². The number of benzene rings is 1. The molecule has 2 rings (SSSR count). The number of carboxylic acid groups (broad SMARTS) is 1. The minimum Gasteiger partial charge on any atom is -0.478 e. The van der Waals surface area contributed by atoms with E-state index in [1.165, 1.54) is 0 Å². The van der Waals surface area contributed by atoms with E-state index in [1.54, 1.807) is 19.2 Å². The van der Waals surface area contributed by atoms with Crippen LogP contribution in [0.15, 0.2) is 24.3 Å². The molecule has 0 saturated carbocycles. The highest BCUT2D eigenvalue weighted by molar-refractivity contribution is 5.87. The Morgan fingerprint density at radius 3 is 2.44 bits per heavy atom. The number of ether oxygens (including phenoxy) is 1. The number of hydrogen-bond donors (Lipinski definition) is 1. The van der Waals surface area contributed by atoms with Crippen molar-refractivity contribution >= 4 is 5.97 Å². The van der Waals surface area contributed by atoms with Gasteiger partial charge in [-0.15, -0.1) is 0 Å². The Kier molecular flexibility index (Phi) is 4.33. The van der Waals surface area contributed by atoms with Crippen molar-refractivity contribution in [3.8, 4) is 0 Å². The molecule has 4 heteroatoms. The number of piperidine rings is 1. The number of carbonyl (C=O) groups is 1. The van der Waals surface area contributed by atoms with Gasteiger partial charge < -0.3 is 9.84 Å². The van der Waals surface area contributed by atoms with E-state index >= 15 is 0 Å². The number of carboxylic acids is 1. The van der Waals surface area contributed by atoms with E-state index in [-0.39, 0.29) is 0 Å². The van der Waals surface area contributed by atoms with E-state index in [9.17, 15) is 4.79 Å². The number of likely N-dealkylation sites (tertiary alicyclic amines) is 1. The van der Waals surface area contributed by atoms with Crippen LogP contribution in [0.5, 0.6) is 0 Å². The summed E-state index contributed by atoms with van der Waals surface area (Å²) in [7, 11) is 1.77. The van der Waals surface area contributed by atoms with Crippen molar-refractivity contribution in [1.29, 1.82) is 0 Å². The van der Waals surface area contributed by atoms with Crippen molar-refractivity contribution < 1.29 is 14.6 Å². The zero-order valence-electron chi connectivity index (χ0n) is 10.6. The molecule has 1 aromatic rings. The van der Waals surface area contributed by atoms with E-state index in [1.807, 2.05) is 12.1 Å². The summed E-state index contributed by atoms with van der Waals surface area (Å²) in [5, 5.41) is 8.83. The van der Waals surface area contributed by atoms with Gasteiger partial charge in [0.1, 0.15) is 0 Å². The molecule has 0 aliphatic carbocycles. The van der Waals surface area contributed by atoms with Crippen molar-refractivity contribution in [3.63, 3.8) is 0 Å². The van der Waals surface area contributed by atoms with Gasteiger partial charge in [0.2, 0.25) is 0 Å². The molecule has 0 spiro atoms. The van der Waals surface area contributed by atoms with Crippen LogP contribution in [0.3, 0.4) is 0 Å². The van der Waals surface area contributed by atoms with Crippen molar-refractivity contribution in [2.75, 3.05) is 20.2 Å². The third-order valence-corrected chi connectivity index (χ3v) is 3.48. The molecule has 18 heavy (non-hydrogen) atoms. The zero-order chi connectivity index (χ0) is 13.0. The lowest BCUT2D eigenvalue weighted by Crippen LogP contribution is -2.36. The van der Waals surface area contributed by atoms with Crippen LogP contribution in [0, 0.1) is 0 Å². The van der Waals surface area contributed by atoms with Crippen LogP contribution in [0.1, 0.15) is 28.8 Å². The average Bonchev–Trinajstić information content (AvgIpc) is 2.40. The van der Waals surface area contributed by atoms with E-state index in [0.717, 1.165) is 38.0 Å². The zero-order valence-corrected chi connectivity index (χ0v) is 10.6. The molecule has 1 fully saturated rings. The Morgan fingerprint density at radius 2 is 1.94 bits per heavy atom. The minimum absolute atomic E-state index is 0.344. The van der Waals surface area contributed by atoms with Crippen LogP contribution in [0.4, 0.5) is 0 Å². The van der Waals surface area contributed by atoms with Crippen LogP contribution >= 0.6 is 0 Å². The van der Waals surface area contributed by atoms with E-state index in [4.69, 9.17) is 9.84 Å². The van der Waals surface area contributed by atoms with E-state index in [0.29, 0.717) is 11.7 Å². The second-order valence-electron chi connectivity index (χ2n) is 4.71. The largest absolute Gasteiger partial charge is 0.478 e. The summed E-state index contributed by atoms with van der Waals surface area (Å²) in [5.74, 6) is -0.873. The maximum Gasteiger partial charge on any atom is 0.335 e. The van der Waals surface area contributed by atoms with E-state index in [2.05, 4.69) is 4.90 Å². The summed E-state index contributed by atoms with van der Waals surface area (Å²) in [4.78, 5) is 13.1. The lowest BCUT2D eigenvalue weighted by atomic mass is 10.1. The molecule has 0 amide bonds. The highest BCUT2D eigenvalue weighted by Gasteiger charge is 2.18. The lowest BCUT2D eigenvalue weighted by Gasteiger charge is -2.31. The molecule has 1 N–H and O–H groups in total. The normalized spacial score (nSPS) is 17.8. The number of methoxy groups -OCH3 is 1. The van der Waals surface area contributed by atoms with Crippen molar-refractivity contribution in [3.05, 3.63) is 35.4 Å².